The van der Waals surface area contributed by atoms with Crippen LogP contribution in [0.4, 0.5) is 5.82 Å². The first-order chi connectivity index (χ1) is 19.5. The number of nitrogens with zero attached hydrogens (tertiary/aromatic N) is 4. The number of phenols is 2. The highest BCUT2D eigenvalue weighted by Gasteiger charge is 2.43. The Kier molecular flexibility index (Phi) is 7.35. The summed E-state index contributed by atoms with van der Waals surface area (Å²) in [6.07, 6.45) is 0.787. The minimum atomic E-state index is -4.09. The molecule has 214 valence electrons. The molecule has 0 spiro atoms. The summed E-state index contributed by atoms with van der Waals surface area (Å²) in [6, 6.07) is 7.87. The van der Waals surface area contributed by atoms with Crippen LogP contribution in [-0.4, -0.2) is 79.1 Å². The zero-order chi connectivity index (χ0) is 29.5. The number of anilines is 1. The van der Waals surface area contributed by atoms with Gasteiger partial charge in [-0.1, -0.05) is 29.8 Å². The number of rotatable bonds is 7. The van der Waals surface area contributed by atoms with E-state index in [-0.39, 0.29) is 22.2 Å². The van der Waals surface area contributed by atoms with E-state index in [0.717, 1.165) is 17.7 Å². The van der Waals surface area contributed by atoms with Crippen molar-refractivity contribution in [3.8, 4) is 11.5 Å². The maximum atomic E-state index is 13.0. The average molecular weight is 583 g/mol. The largest absolute Gasteiger partial charge is 0.504 e. The average Bonchev–Trinajstić information content (AvgIpc) is 3.49. The molecule has 41 heavy (non-hydrogen) atoms. The van der Waals surface area contributed by atoms with Gasteiger partial charge in [-0.25, -0.2) is 23.4 Å². The van der Waals surface area contributed by atoms with E-state index in [1.165, 1.54) is 41.5 Å². The number of amides is 1. The number of imidazole rings is 1. The molecule has 3 heterocycles. The van der Waals surface area contributed by atoms with E-state index in [2.05, 4.69) is 20.3 Å². The summed E-state index contributed by atoms with van der Waals surface area (Å²) in [6.45, 7) is 1.67. The molecule has 1 aliphatic rings. The number of nitrogen functional groups attached to an aromatic ring is 1. The van der Waals surface area contributed by atoms with Crippen LogP contribution in [0.25, 0.3) is 11.2 Å². The number of aryl methyl sites for hydroxylation is 1. The molecule has 5 rings (SSSR count). The number of fused-ring (bicyclic) bond motifs is 1. The molecule has 15 heteroatoms. The van der Waals surface area contributed by atoms with Crippen molar-refractivity contribution in [3.63, 3.8) is 0 Å². The summed E-state index contributed by atoms with van der Waals surface area (Å²) in [7, 11) is -4.09. The predicted octanol–water partition coefficient (Wildman–Crippen LogP) is 0.566. The van der Waals surface area contributed by atoms with Crippen molar-refractivity contribution in [2.45, 2.75) is 41.3 Å². The van der Waals surface area contributed by atoms with Gasteiger partial charge in [0.2, 0.25) is 9.84 Å². The Balaban J connectivity index is 1.27. The molecular weight excluding hydrogens is 556 g/mol. The Bertz CT molecular complexity index is 1760. The second-order valence-corrected chi connectivity index (χ2v) is 11.3. The first-order valence-corrected chi connectivity index (χ1v) is 13.7. The van der Waals surface area contributed by atoms with Crippen molar-refractivity contribution in [2.24, 2.45) is 0 Å². The lowest BCUT2D eigenvalue weighted by Gasteiger charge is -2.16. The molecule has 0 radical (unpaired) electrons. The molecular formula is C26H26N6O8S. The SMILES string of the molecule is Cc1ccc(S(=O)(=O)c2cc(O)c(O)c(C(=O)NC/C=C/[C@H]3O[C@@H](n4cnc5c(N)ncnc54)[C@H](O)C3O)c2)cc1. The number of hydrogen-bond donors (Lipinski definition) is 6. The van der Waals surface area contributed by atoms with Crippen molar-refractivity contribution in [1.82, 2.24) is 24.8 Å². The molecule has 0 bridgehead atoms. The van der Waals surface area contributed by atoms with E-state index in [0.29, 0.717) is 11.2 Å². The second-order valence-electron chi connectivity index (χ2n) is 9.35. The van der Waals surface area contributed by atoms with Crippen molar-refractivity contribution >= 4 is 32.7 Å². The van der Waals surface area contributed by atoms with Gasteiger partial charge in [0.05, 0.1) is 21.7 Å². The Labute approximate surface area is 233 Å². The zero-order valence-corrected chi connectivity index (χ0v) is 22.3. The summed E-state index contributed by atoms with van der Waals surface area (Å²) in [5.74, 6) is -2.28. The molecule has 4 atom stereocenters. The van der Waals surface area contributed by atoms with Crippen LogP contribution in [0.5, 0.6) is 11.5 Å². The maximum absolute atomic E-state index is 13.0. The third-order valence-electron chi connectivity index (χ3n) is 6.59. The lowest BCUT2D eigenvalue weighted by Crippen LogP contribution is -2.31. The summed E-state index contributed by atoms with van der Waals surface area (Å²) < 4.78 is 33.3. The van der Waals surface area contributed by atoms with E-state index in [1.807, 2.05) is 0 Å². The van der Waals surface area contributed by atoms with Gasteiger partial charge in [0.25, 0.3) is 5.91 Å². The molecule has 1 unspecified atom stereocenters. The van der Waals surface area contributed by atoms with Crippen molar-refractivity contribution in [1.29, 1.82) is 0 Å². The van der Waals surface area contributed by atoms with Crippen LogP contribution in [0.2, 0.25) is 0 Å². The monoisotopic (exact) mass is 582 g/mol. The summed E-state index contributed by atoms with van der Waals surface area (Å²) in [5, 5.41) is 43.9. The Morgan fingerprint density at radius 1 is 1.10 bits per heavy atom. The van der Waals surface area contributed by atoms with Crippen LogP contribution >= 0.6 is 0 Å². The van der Waals surface area contributed by atoms with Crippen molar-refractivity contribution in [2.75, 3.05) is 12.3 Å². The highest BCUT2D eigenvalue weighted by atomic mass is 32.2. The van der Waals surface area contributed by atoms with Crippen molar-refractivity contribution < 1.29 is 38.4 Å². The van der Waals surface area contributed by atoms with E-state index in [4.69, 9.17) is 10.5 Å². The molecule has 14 nitrogen and oxygen atoms in total. The normalized spacial score (nSPS) is 21.0. The second kappa shape index (κ2) is 10.8. The summed E-state index contributed by atoms with van der Waals surface area (Å²) >= 11 is 0. The number of carbonyl (C=O) groups is 1. The fourth-order valence-corrected chi connectivity index (χ4v) is 5.66. The standard InChI is InChI=1S/C26H26N6O8S/c1-13-4-6-14(7-5-13)41(38,39)15-9-16(20(34)17(33)10-15)25(37)28-8-2-3-18-21(35)22(36)26(40-18)32-12-31-19-23(27)29-11-30-24(19)32/h2-7,9-12,18,21-22,26,33-36H,8H2,1H3,(H,28,37)(H2,27,29,30)/b3-2+/t18-,21?,22-,26-/m1/s1. The van der Waals surface area contributed by atoms with Gasteiger partial charge in [0.15, 0.2) is 29.2 Å². The van der Waals surface area contributed by atoms with E-state index in [1.54, 1.807) is 19.1 Å². The molecule has 1 fully saturated rings. The summed E-state index contributed by atoms with van der Waals surface area (Å²) in [5.41, 5.74) is 6.81. The van der Waals surface area contributed by atoms with Crippen LogP contribution in [0.1, 0.15) is 22.1 Å². The van der Waals surface area contributed by atoms with Crippen LogP contribution in [0.15, 0.2) is 71.0 Å². The quantitative estimate of drug-likeness (QED) is 0.130. The topological polar surface area (TPSA) is 223 Å². The van der Waals surface area contributed by atoms with Gasteiger partial charge < -0.3 is 36.2 Å². The number of sulfone groups is 1. The molecule has 4 aromatic rings. The third kappa shape index (κ3) is 5.18. The van der Waals surface area contributed by atoms with E-state index in [9.17, 15) is 33.6 Å². The fourth-order valence-electron chi connectivity index (χ4n) is 4.35. The number of phenolic OH excluding ortho intramolecular Hbond substituents is 2. The molecule has 1 amide bonds. The number of aliphatic hydroxyl groups is 2. The van der Waals surface area contributed by atoms with Gasteiger partial charge in [-0.3, -0.25) is 9.36 Å². The van der Waals surface area contributed by atoms with Gasteiger partial charge in [-0.05, 0) is 25.1 Å². The molecule has 1 aliphatic heterocycles. The molecule has 7 N–H and O–H groups in total. The molecule has 1 saturated heterocycles. The van der Waals surface area contributed by atoms with Crippen LogP contribution in [0.3, 0.4) is 0 Å². The first kappa shape index (κ1) is 28.0. The first-order valence-electron chi connectivity index (χ1n) is 12.3. The summed E-state index contributed by atoms with van der Waals surface area (Å²) in [4.78, 5) is 24.5. The maximum Gasteiger partial charge on any atom is 0.255 e. The van der Waals surface area contributed by atoms with Crippen molar-refractivity contribution in [3.05, 3.63) is 72.3 Å². The molecule has 2 aromatic heterocycles. The highest BCUT2D eigenvalue weighted by molar-refractivity contribution is 7.91. The predicted molar refractivity (Wildman–Crippen MR) is 144 cm³/mol. The van der Waals surface area contributed by atoms with Gasteiger partial charge in [-0.2, -0.15) is 0 Å². The number of aliphatic hydroxyl groups excluding tert-OH is 2. The number of ether oxygens (including phenoxy) is 1. The van der Waals surface area contributed by atoms with E-state index < -0.39 is 57.3 Å². The molecule has 2 aromatic carbocycles. The number of nitrogens with one attached hydrogen (secondary N) is 1. The third-order valence-corrected chi connectivity index (χ3v) is 8.34. The lowest BCUT2D eigenvalue weighted by molar-refractivity contribution is -0.0245. The Hall–Kier alpha value is -4.57. The number of nitrogens with two attached hydrogens (primary N) is 1. The van der Waals surface area contributed by atoms with Crippen LogP contribution in [-0.2, 0) is 14.6 Å². The minimum absolute atomic E-state index is 0.0438. The van der Waals surface area contributed by atoms with Crippen LogP contribution < -0.4 is 11.1 Å². The number of hydrogen-bond acceptors (Lipinski definition) is 12. The molecule has 0 saturated carbocycles. The number of benzene rings is 2. The number of aromatic nitrogens is 4. The Morgan fingerprint density at radius 2 is 1.83 bits per heavy atom. The van der Waals surface area contributed by atoms with Gasteiger partial charge >= 0.3 is 0 Å². The lowest BCUT2D eigenvalue weighted by atomic mass is 10.1. The van der Waals surface area contributed by atoms with Gasteiger partial charge in [-0.15, -0.1) is 0 Å². The fraction of sp³-hybridized carbons (Fsp3) is 0.231. The number of carbonyl (C=O) groups excluding carboxylic acids is 1. The smallest absolute Gasteiger partial charge is 0.255 e. The van der Waals surface area contributed by atoms with E-state index >= 15 is 0 Å². The Morgan fingerprint density at radius 3 is 2.56 bits per heavy atom. The minimum Gasteiger partial charge on any atom is -0.504 e. The highest BCUT2D eigenvalue weighted by Crippen LogP contribution is 2.35. The molecule has 0 aliphatic carbocycles. The van der Waals surface area contributed by atoms with Crippen LogP contribution in [0, 0.1) is 6.92 Å². The zero-order valence-electron chi connectivity index (χ0n) is 21.5. The van der Waals surface area contributed by atoms with Gasteiger partial charge in [0, 0.05) is 12.6 Å². The van der Waals surface area contributed by atoms with Gasteiger partial charge in [0.1, 0.15) is 30.2 Å². The number of aromatic hydroxyl groups is 2.